The number of amides is 1. The third-order valence-corrected chi connectivity index (χ3v) is 3.55. The van der Waals surface area contributed by atoms with E-state index in [-0.39, 0.29) is 18.7 Å². The Balaban J connectivity index is 1.58. The third kappa shape index (κ3) is 5.23. The maximum atomic E-state index is 12.8. The highest BCUT2D eigenvalue weighted by molar-refractivity contribution is 5.67. The van der Waals surface area contributed by atoms with Crippen LogP contribution in [0.1, 0.15) is 18.4 Å². The summed E-state index contributed by atoms with van der Waals surface area (Å²) in [6.45, 7) is -1.52. The Bertz CT molecular complexity index is 479. The number of hydrogen-bond acceptors (Lipinski definition) is 4. The van der Waals surface area contributed by atoms with E-state index in [0.29, 0.717) is 12.8 Å². The van der Waals surface area contributed by atoms with Crippen LogP contribution in [0.15, 0.2) is 30.3 Å². The van der Waals surface area contributed by atoms with Crippen molar-refractivity contribution < 1.29 is 23.4 Å². The van der Waals surface area contributed by atoms with Gasteiger partial charge in [0.1, 0.15) is 13.2 Å². The summed E-state index contributed by atoms with van der Waals surface area (Å²) in [5.41, 5.74) is 0.900. The number of alkyl halides is 2. The Kier molecular flexibility index (Phi) is 5.68. The van der Waals surface area contributed by atoms with E-state index in [9.17, 15) is 13.6 Å². The van der Waals surface area contributed by atoms with Crippen LogP contribution in [-0.4, -0.2) is 42.4 Å². The highest BCUT2D eigenvalue weighted by Gasteiger charge is 2.34. The van der Waals surface area contributed by atoms with Crippen molar-refractivity contribution in [3.63, 3.8) is 0 Å². The first kappa shape index (κ1) is 16.6. The predicted octanol–water partition coefficient (Wildman–Crippen LogP) is 1.66. The van der Waals surface area contributed by atoms with Crippen LogP contribution in [-0.2, 0) is 11.3 Å². The zero-order valence-electron chi connectivity index (χ0n) is 12.1. The van der Waals surface area contributed by atoms with E-state index in [1.807, 2.05) is 30.3 Å². The SMILES string of the molecule is O=C(NC1CC(NCC(F)(F)CO)C1)OCc1ccccc1. The molecule has 0 spiro atoms. The highest BCUT2D eigenvalue weighted by atomic mass is 19.3. The molecule has 0 aliphatic heterocycles. The Morgan fingerprint density at radius 3 is 2.59 bits per heavy atom. The monoisotopic (exact) mass is 314 g/mol. The first-order valence-electron chi connectivity index (χ1n) is 7.18. The fourth-order valence-electron chi connectivity index (χ4n) is 2.18. The van der Waals surface area contributed by atoms with Crippen LogP contribution in [0.3, 0.4) is 0 Å². The molecule has 0 aromatic heterocycles. The normalized spacial score (nSPS) is 21.0. The van der Waals surface area contributed by atoms with Gasteiger partial charge in [0.25, 0.3) is 5.92 Å². The molecule has 0 unspecified atom stereocenters. The quantitative estimate of drug-likeness (QED) is 0.716. The molecule has 1 fully saturated rings. The fourth-order valence-corrected chi connectivity index (χ4v) is 2.18. The average molecular weight is 314 g/mol. The number of rotatable bonds is 7. The molecule has 0 heterocycles. The number of hydrogen-bond donors (Lipinski definition) is 3. The number of ether oxygens (including phenoxy) is 1. The molecule has 0 bridgehead atoms. The van der Waals surface area contributed by atoms with Gasteiger partial charge >= 0.3 is 6.09 Å². The van der Waals surface area contributed by atoms with Crippen molar-refractivity contribution in [2.45, 2.75) is 37.5 Å². The Labute approximate surface area is 127 Å². The number of aliphatic hydroxyl groups excluding tert-OH is 1. The summed E-state index contributed by atoms with van der Waals surface area (Å²) in [6.07, 6.45) is 0.636. The molecule has 5 nitrogen and oxygen atoms in total. The van der Waals surface area contributed by atoms with Gasteiger partial charge in [0, 0.05) is 12.1 Å². The van der Waals surface area contributed by atoms with Crippen molar-refractivity contribution in [2.75, 3.05) is 13.2 Å². The molecule has 22 heavy (non-hydrogen) atoms. The second-order valence-electron chi connectivity index (χ2n) is 5.47. The minimum atomic E-state index is -3.10. The van der Waals surface area contributed by atoms with Crippen LogP contribution in [0.25, 0.3) is 0 Å². The molecule has 3 N–H and O–H groups in total. The van der Waals surface area contributed by atoms with Crippen LogP contribution in [0.5, 0.6) is 0 Å². The van der Waals surface area contributed by atoms with Crippen molar-refractivity contribution in [3.8, 4) is 0 Å². The molecule has 0 radical (unpaired) electrons. The summed E-state index contributed by atoms with van der Waals surface area (Å²) < 4.78 is 30.8. The zero-order chi connectivity index (χ0) is 16.0. The molecular formula is C15H20F2N2O3. The number of carbonyl (C=O) groups is 1. The zero-order valence-corrected chi connectivity index (χ0v) is 12.1. The van der Waals surface area contributed by atoms with Gasteiger partial charge in [-0.05, 0) is 18.4 Å². The number of alkyl carbamates (subject to hydrolysis) is 1. The van der Waals surface area contributed by atoms with Gasteiger partial charge in [-0.1, -0.05) is 30.3 Å². The molecule has 1 aliphatic carbocycles. The standard InChI is InChI=1S/C15H20F2N2O3/c16-15(17,10-20)9-18-12-6-13(7-12)19-14(21)22-8-11-4-2-1-3-5-11/h1-5,12-13,18,20H,6-10H2,(H,19,21). The van der Waals surface area contributed by atoms with E-state index in [2.05, 4.69) is 10.6 Å². The lowest BCUT2D eigenvalue weighted by molar-refractivity contribution is -0.0515. The minimum Gasteiger partial charge on any atom is -0.445 e. The highest BCUT2D eigenvalue weighted by Crippen LogP contribution is 2.21. The summed E-state index contributed by atoms with van der Waals surface area (Å²) in [5, 5.41) is 13.8. The maximum absolute atomic E-state index is 12.8. The van der Waals surface area contributed by atoms with Crippen LogP contribution >= 0.6 is 0 Å². The van der Waals surface area contributed by atoms with Crippen LogP contribution < -0.4 is 10.6 Å². The van der Waals surface area contributed by atoms with Gasteiger partial charge in [-0.3, -0.25) is 0 Å². The smallest absolute Gasteiger partial charge is 0.407 e. The lowest BCUT2D eigenvalue weighted by Gasteiger charge is -2.36. The van der Waals surface area contributed by atoms with Crippen molar-refractivity contribution in [2.24, 2.45) is 0 Å². The van der Waals surface area contributed by atoms with Gasteiger partial charge in [-0.25, -0.2) is 13.6 Å². The van der Waals surface area contributed by atoms with Crippen LogP contribution in [0, 0.1) is 0 Å². The average Bonchev–Trinajstić information content (AvgIpc) is 2.48. The summed E-state index contributed by atoms with van der Waals surface area (Å²) in [7, 11) is 0. The van der Waals surface area contributed by atoms with Crippen LogP contribution in [0.2, 0.25) is 0 Å². The number of aliphatic hydroxyl groups is 1. The molecule has 2 rings (SSSR count). The van der Waals surface area contributed by atoms with E-state index >= 15 is 0 Å². The molecule has 122 valence electrons. The molecule has 1 amide bonds. The van der Waals surface area contributed by atoms with Gasteiger partial charge in [0.05, 0.1) is 6.54 Å². The lowest BCUT2D eigenvalue weighted by Crippen LogP contribution is -2.54. The van der Waals surface area contributed by atoms with E-state index in [1.165, 1.54) is 0 Å². The first-order chi connectivity index (χ1) is 10.5. The number of benzene rings is 1. The Morgan fingerprint density at radius 2 is 1.95 bits per heavy atom. The fraction of sp³-hybridized carbons (Fsp3) is 0.533. The maximum Gasteiger partial charge on any atom is 0.407 e. The molecule has 7 heteroatoms. The summed E-state index contributed by atoms with van der Waals surface area (Å²) in [5.74, 6) is -3.10. The third-order valence-electron chi connectivity index (χ3n) is 3.55. The van der Waals surface area contributed by atoms with Gasteiger partial charge < -0.3 is 20.5 Å². The molecule has 1 aliphatic rings. The lowest BCUT2D eigenvalue weighted by atomic mass is 9.87. The molecule has 0 saturated heterocycles. The molecule has 0 atom stereocenters. The second kappa shape index (κ2) is 7.51. The van der Waals surface area contributed by atoms with E-state index in [0.717, 1.165) is 5.56 Å². The Hall–Kier alpha value is -1.73. The number of halogens is 2. The molecule has 1 saturated carbocycles. The minimum absolute atomic E-state index is 0.0662. The first-order valence-corrected chi connectivity index (χ1v) is 7.18. The Morgan fingerprint density at radius 1 is 1.27 bits per heavy atom. The molecule has 1 aromatic carbocycles. The van der Waals surface area contributed by atoms with Gasteiger partial charge in [0.15, 0.2) is 0 Å². The van der Waals surface area contributed by atoms with E-state index in [1.54, 1.807) is 0 Å². The van der Waals surface area contributed by atoms with Crippen molar-refractivity contribution in [1.82, 2.24) is 10.6 Å². The summed E-state index contributed by atoms with van der Waals surface area (Å²) >= 11 is 0. The van der Waals surface area contributed by atoms with Gasteiger partial charge in [-0.2, -0.15) is 0 Å². The van der Waals surface area contributed by atoms with Crippen LogP contribution in [0.4, 0.5) is 13.6 Å². The number of carbonyl (C=O) groups excluding carboxylic acids is 1. The topological polar surface area (TPSA) is 70.6 Å². The largest absolute Gasteiger partial charge is 0.445 e. The molecular weight excluding hydrogens is 294 g/mol. The number of nitrogens with one attached hydrogen (secondary N) is 2. The predicted molar refractivity (Wildman–Crippen MR) is 76.6 cm³/mol. The van der Waals surface area contributed by atoms with Gasteiger partial charge in [0.2, 0.25) is 0 Å². The van der Waals surface area contributed by atoms with Gasteiger partial charge in [-0.15, -0.1) is 0 Å². The molecule has 1 aromatic rings. The van der Waals surface area contributed by atoms with Crippen molar-refractivity contribution >= 4 is 6.09 Å². The second-order valence-corrected chi connectivity index (χ2v) is 5.47. The summed E-state index contributed by atoms with van der Waals surface area (Å²) in [4.78, 5) is 11.6. The van der Waals surface area contributed by atoms with E-state index < -0.39 is 25.2 Å². The summed E-state index contributed by atoms with van der Waals surface area (Å²) in [6, 6.07) is 9.18. The van der Waals surface area contributed by atoms with E-state index in [4.69, 9.17) is 9.84 Å². The van der Waals surface area contributed by atoms with Crippen molar-refractivity contribution in [3.05, 3.63) is 35.9 Å². The van der Waals surface area contributed by atoms with Crippen molar-refractivity contribution in [1.29, 1.82) is 0 Å².